The van der Waals surface area contributed by atoms with Gasteiger partial charge in [-0.25, -0.2) is 4.39 Å². The quantitative estimate of drug-likeness (QED) is 0.876. The molecule has 1 N–H and O–H groups in total. The average Bonchev–Trinajstić information content (AvgIpc) is 2.68. The van der Waals surface area contributed by atoms with Crippen LogP contribution < -0.4 is 5.32 Å². The maximum absolute atomic E-state index is 13.7. The van der Waals surface area contributed by atoms with Crippen molar-refractivity contribution >= 4 is 22.9 Å². The molecule has 0 spiro atoms. The molecule has 0 aliphatic heterocycles. The first kappa shape index (κ1) is 11.6. The molecule has 0 unspecified atom stereocenters. The average molecular weight is 256 g/mol. The van der Waals surface area contributed by atoms with Gasteiger partial charge in [0.05, 0.1) is 9.90 Å². The normalized spacial score (nSPS) is 10.7. The standard InChI is InChI=1S/C12H11ClFNS/c1-15-7-9-3-2-8(6-11(9)14)12-10(13)4-5-16-12/h2-6,15H,7H2,1H3. The van der Waals surface area contributed by atoms with Crippen LogP contribution in [0.15, 0.2) is 29.6 Å². The Morgan fingerprint density at radius 3 is 2.75 bits per heavy atom. The van der Waals surface area contributed by atoms with Crippen molar-refractivity contribution < 1.29 is 4.39 Å². The molecule has 0 fully saturated rings. The van der Waals surface area contributed by atoms with Crippen LogP contribution in [0, 0.1) is 5.82 Å². The fraction of sp³-hybridized carbons (Fsp3) is 0.167. The summed E-state index contributed by atoms with van der Waals surface area (Å²) < 4.78 is 13.7. The van der Waals surface area contributed by atoms with E-state index in [0.717, 1.165) is 10.4 Å². The molecule has 16 heavy (non-hydrogen) atoms. The van der Waals surface area contributed by atoms with Crippen LogP contribution in [0.1, 0.15) is 5.56 Å². The summed E-state index contributed by atoms with van der Waals surface area (Å²) in [7, 11) is 1.80. The minimum absolute atomic E-state index is 0.198. The molecule has 0 saturated heterocycles. The SMILES string of the molecule is CNCc1ccc(-c2sccc2Cl)cc1F. The first-order valence-corrected chi connectivity index (χ1v) is 6.14. The second-order valence-corrected chi connectivity index (χ2v) is 4.76. The maximum Gasteiger partial charge on any atom is 0.128 e. The van der Waals surface area contributed by atoms with Crippen molar-refractivity contribution in [3.63, 3.8) is 0 Å². The molecule has 0 aliphatic rings. The van der Waals surface area contributed by atoms with Crippen molar-refractivity contribution in [2.75, 3.05) is 7.05 Å². The third kappa shape index (κ3) is 2.26. The van der Waals surface area contributed by atoms with Crippen LogP contribution in [0.2, 0.25) is 5.02 Å². The maximum atomic E-state index is 13.7. The van der Waals surface area contributed by atoms with Gasteiger partial charge in [-0.2, -0.15) is 0 Å². The highest BCUT2D eigenvalue weighted by Gasteiger charge is 2.08. The summed E-state index contributed by atoms with van der Waals surface area (Å²) in [4.78, 5) is 0.913. The Hall–Kier alpha value is -0.900. The molecule has 4 heteroatoms. The molecule has 2 rings (SSSR count). The van der Waals surface area contributed by atoms with Gasteiger partial charge < -0.3 is 5.32 Å². The van der Waals surface area contributed by atoms with Crippen LogP contribution in [0.3, 0.4) is 0 Å². The second-order valence-electron chi connectivity index (χ2n) is 3.43. The van der Waals surface area contributed by atoms with Crippen LogP contribution in [0.25, 0.3) is 10.4 Å². The van der Waals surface area contributed by atoms with E-state index in [0.29, 0.717) is 17.1 Å². The van der Waals surface area contributed by atoms with Crippen LogP contribution in [0.5, 0.6) is 0 Å². The number of nitrogens with one attached hydrogen (secondary N) is 1. The van der Waals surface area contributed by atoms with Crippen LogP contribution in [-0.4, -0.2) is 7.05 Å². The molecular formula is C12H11ClFNS. The van der Waals surface area contributed by atoms with E-state index >= 15 is 0 Å². The van der Waals surface area contributed by atoms with Gasteiger partial charge in [0.25, 0.3) is 0 Å². The van der Waals surface area contributed by atoms with Crippen molar-refractivity contribution in [2.24, 2.45) is 0 Å². The van der Waals surface area contributed by atoms with Gasteiger partial charge in [-0.1, -0.05) is 23.7 Å². The Morgan fingerprint density at radius 1 is 1.38 bits per heavy atom. The van der Waals surface area contributed by atoms with E-state index < -0.39 is 0 Å². The molecule has 0 bridgehead atoms. The van der Waals surface area contributed by atoms with E-state index in [-0.39, 0.29) is 5.82 Å². The van der Waals surface area contributed by atoms with E-state index in [9.17, 15) is 4.39 Å². The summed E-state index contributed by atoms with van der Waals surface area (Å²) >= 11 is 7.52. The van der Waals surface area contributed by atoms with Gasteiger partial charge in [0.1, 0.15) is 5.82 Å². The van der Waals surface area contributed by atoms with E-state index in [2.05, 4.69) is 5.32 Å². The molecule has 1 heterocycles. The molecule has 84 valence electrons. The lowest BCUT2D eigenvalue weighted by Crippen LogP contribution is -2.06. The van der Waals surface area contributed by atoms with Gasteiger partial charge >= 0.3 is 0 Å². The number of benzene rings is 1. The monoisotopic (exact) mass is 255 g/mol. The molecule has 1 nitrogen and oxygen atoms in total. The third-order valence-corrected chi connectivity index (χ3v) is 3.69. The largest absolute Gasteiger partial charge is 0.316 e. The fourth-order valence-electron chi connectivity index (χ4n) is 1.52. The van der Waals surface area contributed by atoms with E-state index in [1.54, 1.807) is 13.1 Å². The van der Waals surface area contributed by atoms with Crippen molar-refractivity contribution in [3.8, 4) is 10.4 Å². The Kier molecular flexibility index (Phi) is 3.59. The lowest BCUT2D eigenvalue weighted by Gasteiger charge is -2.05. The molecular weight excluding hydrogens is 245 g/mol. The lowest BCUT2D eigenvalue weighted by molar-refractivity contribution is 0.601. The number of halogens is 2. The van der Waals surface area contributed by atoms with Crippen molar-refractivity contribution in [1.29, 1.82) is 0 Å². The minimum atomic E-state index is -0.198. The smallest absolute Gasteiger partial charge is 0.128 e. The first-order valence-electron chi connectivity index (χ1n) is 4.88. The summed E-state index contributed by atoms with van der Waals surface area (Å²) in [6.45, 7) is 0.532. The van der Waals surface area contributed by atoms with E-state index in [1.807, 2.05) is 17.5 Å². The summed E-state index contributed by atoms with van der Waals surface area (Å²) in [6, 6.07) is 7.04. The zero-order valence-electron chi connectivity index (χ0n) is 8.76. The van der Waals surface area contributed by atoms with E-state index in [1.165, 1.54) is 17.4 Å². The highest BCUT2D eigenvalue weighted by atomic mass is 35.5. The second kappa shape index (κ2) is 4.95. The van der Waals surface area contributed by atoms with Crippen molar-refractivity contribution in [2.45, 2.75) is 6.54 Å². The minimum Gasteiger partial charge on any atom is -0.316 e. The predicted octanol–water partition coefficient (Wildman–Crippen LogP) is 3.93. The highest BCUT2D eigenvalue weighted by molar-refractivity contribution is 7.14. The van der Waals surface area contributed by atoms with E-state index in [4.69, 9.17) is 11.6 Å². The van der Waals surface area contributed by atoms with Gasteiger partial charge in [-0.3, -0.25) is 0 Å². The van der Waals surface area contributed by atoms with Crippen molar-refractivity contribution in [1.82, 2.24) is 5.32 Å². The Morgan fingerprint density at radius 2 is 2.19 bits per heavy atom. The molecule has 0 saturated carbocycles. The van der Waals surface area contributed by atoms with Crippen LogP contribution >= 0.6 is 22.9 Å². The Balaban J connectivity index is 2.38. The van der Waals surface area contributed by atoms with Gasteiger partial charge in [-0.15, -0.1) is 11.3 Å². The summed E-state index contributed by atoms with van der Waals surface area (Å²) in [5.74, 6) is -0.198. The lowest BCUT2D eigenvalue weighted by atomic mass is 10.1. The predicted molar refractivity (Wildman–Crippen MR) is 67.5 cm³/mol. The summed E-state index contributed by atoms with van der Waals surface area (Å²) in [6.07, 6.45) is 0. The van der Waals surface area contributed by atoms with Gasteiger partial charge in [0, 0.05) is 12.1 Å². The Bertz CT molecular complexity index is 496. The molecule has 0 aliphatic carbocycles. The molecule has 0 amide bonds. The highest BCUT2D eigenvalue weighted by Crippen LogP contribution is 2.33. The number of hydrogen-bond acceptors (Lipinski definition) is 2. The topological polar surface area (TPSA) is 12.0 Å². The molecule has 0 radical (unpaired) electrons. The first-order chi connectivity index (χ1) is 7.72. The van der Waals surface area contributed by atoms with Crippen molar-refractivity contribution in [3.05, 3.63) is 46.0 Å². The van der Waals surface area contributed by atoms with Gasteiger partial charge in [-0.05, 0) is 30.1 Å². The summed E-state index contributed by atoms with van der Waals surface area (Å²) in [5, 5.41) is 5.50. The molecule has 1 aromatic carbocycles. The number of thiophene rings is 1. The number of hydrogen-bond donors (Lipinski definition) is 1. The zero-order chi connectivity index (χ0) is 11.5. The fourth-order valence-corrected chi connectivity index (χ4v) is 2.69. The third-order valence-electron chi connectivity index (χ3n) is 2.30. The molecule has 0 atom stereocenters. The zero-order valence-corrected chi connectivity index (χ0v) is 10.3. The van der Waals surface area contributed by atoms with Crippen LogP contribution in [0.4, 0.5) is 4.39 Å². The van der Waals surface area contributed by atoms with Crippen LogP contribution in [-0.2, 0) is 6.54 Å². The number of rotatable bonds is 3. The summed E-state index contributed by atoms with van der Waals surface area (Å²) in [5.41, 5.74) is 1.50. The Labute approximate surface area is 103 Å². The molecule has 1 aromatic heterocycles. The van der Waals surface area contributed by atoms with Gasteiger partial charge in [0.15, 0.2) is 0 Å². The van der Waals surface area contributed by atoms with Gasteiger partial charge in [0.2, 0.25) is 0 Å². The molecule has 2 aromatic rings.